The predicted molar refractivity (Wildman–Crippen MR) is 68.6 cm³/mol. The van der Waals surface area contributed by atoms with E-state index in [-0.39, 0.29) is 35.9 Å². The van der Waals surface area contributed by atoms with Crippen molar-refractivity contribution in [3.63, 3.8) is 0 Å². The molecule has 6 heteroatoms. The Morgan fingerprint density at radius 3 is 1.60 bits per heavy atom. The van der Waals surface area contributed by atoms with E-state index in [1.54, 1.807) is 0 Å². The van der Waals surface area contributed by atoms with Crippen molar-refractivity contribution in [3.8, 4) is 34.1 Å². The molecular weight excluding hydrogens is 264 g/mol. The molecule has 2 aromatic carbocycles. The molecular formula is C14H10O6. The van der Waals surface area contributed by atoms with Crippen molar-refractivity contribution >= 4 is 12.9 Å². The number of phenols is 2. The number of ether oxygens (including phenoxy) is 2. The summed E-state index contributed by atoms with van der Waals surface area (Å²) < 4.78 is 9.43. The second-order valence-corrected chi connectivity index (χ2v) is 3.86. The van der Waals surface area contributed by atoms with Crippen LogP contribution in [0.1, 0.15) is 0 Å². The van der Waals surface area contributed by atoms with E-state index < -0.39 is 0 Å². The van der Waals surface area contributed by atoms with Crippen LogP contribution >= 0.6 is 0 Å². The van der Waals surface area contributed by atoms with Gasteiger partial charge in [-0.25, -0.2) is 0 Å². The Morgan fingerprint density at radius 1 is 0.700 bits per heavy atom. The van der Waals surface area contributed by atoms with Crippen LogP contribution in [0.2, 0.25) is 0 Å². The van der Waals surface area contributed by atoms with E-state index in [0.29, 0.717) is 11.1 Å². The average Bonchev–Trinajstić information content (AvgIpc) is 2.38. The monoisotopic (exact) mass is 274 g/mol. The molecule has 20 heavy (non-hydrogen) atoms. The topological polar surface area (TPSA) is 93.1 Å². The van der Waals surface area contributed by atoms with E-state index in [2.05, 4.69) is 0 Å². The van der Waals surface area contributed by atoms with Crippen molar-refractivity contribution in [1.29, 1.82) is 0 Å². The molecule has 0 saturated carbocycles. The number of benzene rings is 2. The van der Waals surface area contributed by atoms with Gasteiger partial charge in [0.25, 0.3) is 12.9 Å². The number of hydrogen-bond donors (Lipinski definition) is 2. The lowest BCUT2D eigenvalue weighted by atomic mass is 10.0. The third-order valence-corrected chi connectivity index (χ3v) is 2.48. The van der Waals surface area contributed by atoms with E-state index in [9.17, 15) is 19.8 Å². The van der Waals surface area contributed by atoms with Gasteiger partial charge in [0, 0.05) is 12.1 Å². The van der Waals surface area contributed by atoms with Crippen LogP contribution < -0.4 is 9.47 Å². The van der Waals surface area contributed by atoms with Crippen LogP contribution in [0.5, 0.6) is 23.0 Å². The molecule has 0 aliphatic carbocycles. The minimum absolute atomic E-state index is 0.125. The molecule has 6 nitrogen and oxygen atoms in total. The van der Waals surface area contributed by atoms with E-state index in [1.165, 1.54) is 36.4 Å². The fourth-order valence-electron chi connectivity index (χ4n) is 1.75. The average molecular weight is 274 g/mol. The first-order valence-electron chi connectivity index (χ1n) is 5.51. The fraction of sp³-hybridized carbons (Fsp3) is 0. The zero-order valence-electron chi connectivity index (χ0n) is 10.1. The molecule has 2 N–H and O–H groups in total. The summed E-state index contributed by atoms with van der Waals surface area (Å²) in [7, 11) is 0. The normalized spacial score (nSPS) is 9.80. The van der Waals surface area contributed by atoms with Gasteiger partial charge in [-0.3, -0.25) is 9.59 Å². The summed E-state index contributed by atoms with van der Waals surface area (Å²) in [6, 6.07) is 8.35. The zero-order chi connectivity index (χ0) is 14.5. The minimum Gasteiger partial charge on any atom is -0.508 e. The lowest BCUT2D eigenvalue weighted by Crippen LogP contribution is -1.93. The zero-order valence-corrected chi connectivity index (χ0v) is 10.1. The molecule has 0 aliphatic heterocycles. The minimum atomic E-state index is -0.125. The Balaban J connectivity index is 2.53. The third kappa shape index (κ3) is 3.05. The third-order valence-electron chi connectivity index (χ3n) is 2.48. The standard InChI is InChI=1S/C14H10O6/c15-7-19-13-3-10(4-14(6-13)20-8-16)9-1-11(17)5-12(18)2-9/h1-8,17-18H. The number of hydrogen-bond acceptors (Lipinski definition) is 6. The molecule has 2 aromatic rings. The maximum Gasteiger partial charge on any atom is 0.298 e. The summed E-state index contributed by atoms with van der Waals surface area (Å²) in [6.45, 7) is 0.480. The van der Waals surface area contributed by atoms with Crippen LogP contribution in [-0.4, -0.2) is 23.2 Å². The second kappa shape index (κ2) is 5.75. The highest BCUT2D eigenvalue weighted by Crippen LogP contribution is 2.33. The molecule has 0 bridgehead atoms. The lowest BCUT2D eigenvalue weighted by Gasteiger charge is -2.08. The first-order chi connectivity index (χ1) is 9.62. The van der Waals surface area contributed by atoms with Gasteiger partial charge in [-0.2, -0.15) is 0 Å². The fourth-order valence-corrected chi connectivity index (χ4v) is 1.75. The van der Waals surface area contributed by atoms with Gasteiger partial charge in [0.15, 0.2) is 0 Å². The lowest BCUT2D eigenvalue weighted by molar-refractivity contribution is -0.121. The molecule has 0 fully saturated rings. The Labute approximate surface area is 113 Å². The molecule has 0 unspecified atom stereocenters. The van der Waals surface area contributed by atoms with Gasteiger partial charge in [0.2, 0.25) is 0 Å². The van der Waals surface area contributed by atoms with Crippen molar-refractivity contribution in [2.24, 2.45) is 0 Å². The van der Waals surface area contributed by atoms with Gasteiger partial charge in [-0.05, 0) is 35.4 Å². The SMILES string of the molecule is O=COc1cc(OC=O)cc(-c2cc(O)cc(O)c2)c1. The second-order valence-electron chi connectivity index (χ2n) is 3.86. The molecule has 0 spiro atoms. The first-order valence-corrected chi connectivity index (χ1v) is 5.51. The highest BCUT2D eigenvalue weighted by atomic mass is 16.5. The van der Waals surface area contributed by atoms with Crippen molar-refractivity contribution < 1.29 is 29.3 Å². The van der Waals surface area contributed by atoms with Crippen LogP contribution in [0, 0.1) is 0 Å². The molecule has 0 amide bonds. The molecule has 0 aromatic heterocycles. The molecule has 0 saturated heterocycles. The van der Waals surface area contributed by atoms with E-state index in [0.717, 1.165) is 0 Å². The Kier molecular flexibility index (Phi) is 3.85. The van der Waals surface area contributed by atoms with Crippen LogP contribution in [0.25, 0.3) is 11.1 Å². The number of carbonyl (C=O) groups is 2. The van der Waals surface area contributed by atoms with Crippen molar-refractivity contribution in [3.05, 3.63) is 36.4 Å². The van der Waals surface area contributed by atoms with Gasteiger partial charge in [-0.1, -0.05) is 0 Å². The van der Waals surface area contributed by atoms with Crippen LogP contribution in [0.4, 0.5) is 0 Å². The molecule has 0 radical (unpaired) electrons. The molecule has 0 aliphatic rings. The van der Waals surface area contributed by atoms with Gasteiger partial charge < -0.3 is 19.7 Å². The van der Waals surface area contributed by atoms with E-state index in [1.807, 2.05) is 0 Å². The number of carbonyl (C=O) groups excluding carboxylic acids is 2. The van der Waals surface area contributed by atoms with Crippen LogP contribution in [-0.2, 0) is 9.59 Å². The van der Waals surface area contributed by atoms with Gasteiger partial charge in [0.05, 0.1) is 0 Å². The highest BCUT2D eigenvalue weighted by Gasteiger charge is 2.08. The number of rotatable bonds is 5. The van der Waals surface area contributed by atoms with Crippen molar-refractivity contribution in [2.75, 3.05) is 0 Å². The van der Waals surface area contributed by atoms with Gasteiger partial charge >= 0.3 is 0 Å². The molecule has 0 heterocycles. The Morgan fingerprint density at radius 2 is 1.15 bits per heavy atom. The summed E-state index contributed by atoms with van der Waals surface area (Å²) in [5, 5.41) is 18.9. The van der Waals surface area contributed by atoms with Crippen molar-refractivity contribution in [2.45, 2.75) is 0 Å². The molecule has 102 valence electrons. The number of phenolic OH excluding ortho intramolecular Hbond substituents is 2. The first kappa shape index (κ1) is 13.4. The number of aromatic hydroxyl groups is 2. The van der Waals surface area contributed by atoms with Gasteiger partial charge in [-0.15, -0.1) is 0 Å². The summed E-state index contributed by atoms with van der Waals surface area (Å²) in [6.07, 6.45) is 0. The van der Waals surface area contributed by atoms with E-state index >= 15 is 0 Å². The highest BCUT2D eigenvalue weighted by molar-refractivity contribution is 5.71. The summed E-state index contributed by atoms with van der Waals surface area (Å²) >= 11 is 0. The molecule has 2 rings (SSSR count). The summed E-state index contributed by atoms with van der Waals surface area (Å²) in [5.74, 6) is 0.0773. The largest absolute Gasteiger partial charge is 0.508 e. The summed E-state index contributed by atoms with van der Waals surface area (Å²) in [5.41, 5.74) is 0.960. The Hall–Kier alpha value is -3.02. The van der Waals surface area contributed by atoms with Crippen LogP contribution in [0.15, 0.2) is 36.4 Å². The maximum absolute atomic E-state index is 10.4. The summed E-state index contributed by atoms with van der Waals surface area (Å²) in [4.78, 5) is 20.8. The Bertz CT molecular complexity index is 602. The molecule has 0 atom stereocenters. The predicted octanol–water partition coefficient (Wildman–Crippen LogP) is 1.84. The van der Waals surface area contributed by atoms with Crippen LogP contribution in [0.3, 0.4) is 0 Å². The van der Waals surface area contributed by atoms with Crippen molar-refractivity contribution in [1.82, 2.24) is 0 Å². The van der Waals surface area contributed by atoms with Gasteiger partial charge in [0.1, 0.15) is 23.0 Å². The quantitative estimate of drug-likeness (QED) is 0.808. The maximum atomic E-state index is 10.4. The van der Waals surface area contributed by atoms with E-state index in [4.69, 9.17) is 9.47 Å². The smallest absolute Gasteiger partial charge is 0.298 e.